The molecule has 1 aliphatic rings. The van der Waals surface area contributed by atoms with Crippen LogP contribution >= 0.6 is 11.6 Å². The molecule has 2 rings (SSSR count). The van der Waals surface area contributed by atoms with Crippen LogP contribution in [0.15, 0.2) is 24.3 Å². The van der Waals surface area contributed by atoms with Crippen molar-refractivity contribution in [2.24, 2.45) is 0 Å². The van der Waals surface area contributed by atoms with Gasteiger partial charge in [-0.15, -0.1) is 0 Å². The maximum absolute atomic E-state index is 11.4. The molecule has 0 amide bonds. The molecular weight excluding hydrogens is 226 g/mol. The minimum absolute atomic E-state index is 0.128. The van der Waals surface area contributed by atoms with Crippen molar-refractivity contribution in [3.05, 3.63) is 34.9 Å². The van der Waals surface area contributed by atoms with E-state index in [-0.39, 0.29) is 12.0 Å². The van der Waals surface area contributed by atoms with Crippen molar-refractivity contribution in [1.82, 2.24) is 4.90 Å². The maximum Gasteiger partial charge on any atom is 0.323 e. The predicted molar refractivity (Wildman–Crippen MR) is 62.3 cm³/mol. The lowest BCUT2D eigenvalue weighted by Crippen LogP contribution is -2.34. The Labute approximate surface area is 100.0 Å². The minimum atomic E-state index is -0.130. The van der Waals surface area contributed by atoms with E-state index >= 15 is 0 Å². The normalized spacial score (nSPS) is 20.2. The second-order valence-corrected chi connectivity index (χ2v) is 4.39. The number of benzene rings is 1. The summed E-state index contributed by atoms with van der Waals surface area (Å²) in [6.45, 7) is 1.19. The number of hydrogen-bond donors (Lipinski definition) is 0. The average molecular weight is 240 g/mol. The number of carbonyl (C=O) groups excluding carboxylic acids is 1. The number of likely N-dealkylation sites (N-methyl/N-ethyl adjacent to an activating group) is 1. The summed E-state index contributed by atoms with van der Waals surface area (Å²) in [5.74, 6) is -0.130. The molecule has 0 radical (unpaired) electrons. The summed E-state index contributed by atoms with van der Waals surface area (Å²) in [5.41, 5.74) is 1.03. The number of nitrogens with zero attached hydrogens (tertiary/aromatic N) is 1. The van der Waals surface area contributed by atoms with E-state index < -0.39 is 0 Å². The third-order valence-corrected chi connectivity index (χ3v) is 3.19. The van der Waals surface area contributed by atoms with Gasteiger partial charge >= 0.3 is 5.97 Å². The molecule has 1 heterocycles. The summed E-state index contributed by atoms with van der Waals surface area (Å²) >= 11 is 6.07. The van der Waals surface area contributed by atoms with Gasteiger partial charge in [0.1, 0.15) is 6.04 Å². The molecule has 0 saturated carbocycles. The van der Waals surface area contributed by atoms with Gasteiger partial charge in [-0.25, -0.2) is 0 Å². The van der Waals surface area contributed by atoms with Gasteiger partial charge in [0.05, 0.1) is 6.61 Å². The summed E-state index contributed by atoms with van der Waals surface area (Å²) in [5, 5.41) is 0.737. The first-order valence-corrected chi connectivity index (χ1v) is 5.66. The number of carbonyl (C=O) groups is 1. The van der Waals surface area contributed by atoms with E-state index in [1.54, 1.807) is 0 Å². The summed E-state index contributed by atoms with van der Waals surface area (Å²) in [4.78, 5) is 13.4. The van der Waals surface area contributed by atoms with E-state index in [0.717, 1.165) is 17.0 Å². The molecule has 4 heteroatoms. The monoisotopic (exact) mass is 239 g/mol. The Morgan fingerprint density at radius 3 is 2.88 bits per heavy atom. The Hall–Kier alpha value is -1.06. The second kappa shape index (κ2) is 4.85. The molecule has 0 N–H and O–H groups in total. The van der Waals surface area contributed by atoms with E-state index in [4.69, 9.17) is 16.3 Å². The predicted octanol–water partition coefficient (Wildman–Crippen LogP) is 2.09. The fourth-order valence-electron chi connectivity index (χ4n) is 1.89. The number of halogens is 1. The quantitative estimate of drug-likeness (QED) is 0.757. The molecule has 86 valence electrons. The van der Waals surface area contributed by atoms with E-state index in [1.165, 1.54) is 0 Å². The van der Waals surface area contributed by atoms with Crippen LogP contribution in [-0.4, -0.2) is 30.6 Å². The molecule has 1 atom stereocenters. The van der Waals surface area contributed by atoms with Gasteiger partial charge in [0.25, 0.3) is 0 Å². The number of ether oxygens (including phenoxy) is 1. The van der Waals surface area contributed by atoms with Crippen LogP contribution < -0.4 is 0 Å². The smallest absolute Gasteiger partial charge is 0.323 e. The third-order valence-electron chi connectivity index (χ3n) is 2.82. The van der Waals surface area contributed by atoms with Crippen molar-refractivity contribution in [3.63, 3.8) is 0 Å². The van der Waals surface area contributed by atoms with Gasteiger partial charge in [-0.05, 0) is 18.7 Å². The molecule has 0 spiro atoms. The molecule has 0 bridgehead atoms. The standard InChI is InChI=1S/C12H14ClNO2/c1-14(11-6-7-16-12(11)15)8-9-4-2-3-5-10(9)13/h2-5,11H,6-8H2,1H3/t11-/m1/s1. The van der Waals surface area contributed by atoms with Gasteiger partial charge in [-0.1, -0.05) is 29.8 Å². The van der Waals surface area contributed by atoms with Gasteiger partial charge in [-0.3, -0.25) is 9.69 Å². The molecule has 0 aliphatic carbocycles. The Balaban J connectivity index is 2.04. The molecule has 1 saturated heterocycles. The van der Waals surface area contributed by atoms with E-state index in [2.05, 4.69) is 0 Å². The van der Waals surface area contributed by atoms with Gasteiger partial charge in [0.2, 0.25) is 0 Å². The highest BCUT2D eigenvalue weighted by Gasteiger charge is 2.30. The highest BCUT2D eigenvalue weighted by molar-refractivity contribution is 6.31. The largest absolute Gasteiger partial charge is 0.464 e. The van der Waals surface area contributed by atoms with Crippen LogP contribution in [0.2, 0.25) is 5.02 Å². The molecule has 16 heavy (non-hydrogen) atoms. The molecular formula is C12H14ClNO2. The average Bonchev–Trinajstić information content (AvgIpc) is 2.68. The van der Waals surface area contributed by atoms with Crippen molar-refractivity contribution in [1.29, 1.82) is 0 Å². The number of cyclic esters (lactones) is 1. The van der Waals surface area contributed by atoms with Crippen LogP contribution in [0.25, 0.3) is 0 Å². The van der Waals surface area contributed by atoms with Crippen molar-refractivity contribution < 1.29 is 9.53 Å². The lowest BCUT2D eigenvalue weighted by molar-refractivity contribution is -0.142. The lowest BCUT2D eigenvalue weighted by atomic mass is 10.1. The van der Waals surface area contributed by atoms with Crippen molar-refractivity contribution in [2.75, 3.05) is 13.7 Å². The Bertz CT molecular complexity index is 394. The Kier molecular flexibility index (Phi) is 3.46. The van der Waals surface area contributed by atoms with Crippen LogP contribution in [0.3, 0.4) is 0 Å². The molecule has 1 fully saturated rings. The topological polar surface area (TPSA) is 29.5 Å². The van der Waals surface area contributed by atoms with E-state index in [1.807, 2.05) is 36.2 Å². The van der Waals surface area contributed by atoms with Crippen LogP contribution in [0.1, 0.15) is 12.0 Å². The van der Waals surface area contributed by atoms with Crippen molar-refractivity contribution in [3.8, 4) is 0 Å². The Morgan fingerprint density at radius 2 is 2.25 bits per heavy atom. The summed E-state index contributed by atoms with van der Waals surface area (Å²) in [7, 11) is 1.92. The molecule has 0 unspecified atom stereocenters. The first-order valence-electron chi connectivity index (χ1n) is 5.29. The summed E-state index contributed by atoms with van der Waals surface area (Å²) in [6.07, 6.45) is 0.764. The first-order chi connectivity index (χ1) is 7.68. The zero-order chi connectivity index (χ0) is 11.5. The Morgan fingerprint density at radius 1 is 1.50 bits per heavy atom. The molecule has 1 aromatic carbocycles. The lowest BCUT2D eigenvalue weighted by Gasteiger charge is -2.21. The van der Waals surface area contributed by atoms with Gasteiger partial charge in [0.15, 0.2) is 0 Å². The summed E-state index contributed by atoms with van der Waals surface area (Å²) in [6, 6.07) is 7.55. The molecule has 1 aromatic rings. The second-order valence-electron chi connectivity index (χ2n) is 3.98. The molecule has 1 aliphatic heterocycles. The van der Waals surface area contributed by atoms with Crippen LogP contribution in [0, 0.1) is 0 Å². The van der Waals surface area contributed by atoms with Crippen LogP contribution in [0.5, 0.6) is 0 Å². The molecule has 0 aromatic heterocycles. The highest BCUT2D eigenvalue weighted by Crippen LogP contribution is 2.20. The zero-order valence-electron chi connectivity index (χ0n) is 9.15. The van der Waals surface area contributed by atoms with E-state index in [0.29, 0.717) is 13.2 Å². The van der Waals surface area contributed by atoms with Crippen molar-refractivity contribution in [2.45, 2.75) is 19.0 Å². The SMILES string of the molecule is CN(Cc1ccccc1Cl)[C@@H]1CCOC1=O. The number of rotatable bonds is 3. The van der Waals surface area contributed by atoms with Crippen molar-refractivity contribution >= 4 is 17.6 Å². The zero-order valence-corrected chi connectivity index (χ0v) is 9.91. The van der Waals surface area contributed by atoms with E-state index in [9.17, 15) is 4.79 Å². The van der Waals surface area contributed by atoms with Gasteiger partial charge < -0.3 is 4.74 Å². The summed E-state index contributed by atoms with van der Waals surface area (Å²) < 4.78 is 4.94. The first kappa shape index (κ1) is 11.4. The third kappa shape index (κ3) is 2.36. The fourth-order valence-corrected chi connectivity index (χ4v) is 2.09. The van der Waals surface area contributed by atoms with Gasteiger partial charge in [0, 0.05) is 18.0 Å². The number of hydrogen-bond acceptors (Lipinski definition) is 3. The van der Waals surface area contributed by atoms with Crippen LogP contribution in [-0.2, 0) is 16.1 Å². The molecule has 3 nitrogen and oxygen atoms in total. The minimum Gasteiger partial charge on any atom is -0.464 e. The van der Waals surface area contributed by atoms with Crippen LogP contribution in [0.4, 0.5) is 0 Å². The maximum atomic E-state index is 11.4. The highest BCUT2D eigenvalue weighted by atomic mass is 35.5. The van der Waals surface area contributed by atoms with Gasteiger partial charge in [-0.2, -0.15) is 0 Å². The fraction of sp³-hybridized carbons (Fsp3) is 0.417. The number of esters is 1.